The molecule has 0 aromatic carbocycles. The van der Waals surface area contributed by atoms with Crippen molar-refractivity contribution in [2.24, 2.45) is 0 Å². The highest BCUT2D eigenvalue weighted by molar-refractivity contribution is 5.95. The lowest BCUT2D eigenvalue weighted by atomic mass is 10.0. The highest BCUT2D eigenvalue weighted by Crippen LogP contribution is 2.27. The molecule has 0 fully saturated rings. The van der Waals surface area contributed by atoms with Crippen molar-refractivity contribution in [2.45, 2.75) is 19.8 Å². The standard InChI is InChI=1S/C19H22N2O3/c1-13-10-15(17(20)18(21-13)23-2)12-16(19(22)24-3)11-14-8-6-4-5-7-9-14/h4-6,8-10,12H,7,11,20H2,1-3H3/b16-12+. The Morgan fingerprint density at radius 2 is 2.17 bits per heavy atom. The van der Waals surface area contributed by atoms with Crippen LogP contribution in [0, 0.1) is 6.92 Å². The van der Waals surface area contributed by atoms with Gasteiger partial charge in [0.15, 0.2) is 0 Å². The summed E-state index contributed by atoms with van der Waals surface area (Å²) in [5, 5.41) is 0. The zero-order valence-corrected chi connectivity index (χ0v) is 14.2. The Labute approximate surface area is 142 Å². The topological polar surface area (TPSA) is 74.4 Å². The summed E-state index contributed by atoms with van der Waals surface area (Å²) in [6.45, 7) is 1.85. The maximum Gasteiger partial charge on any atom is 0.334 e. The van der Waals surface area contributed by atoms with Gasteiger partial charge in [0, 0.05) is 23.3 Å². The number of allylic oxidation sites excluding steroid dienone is 6. The van der Waals surface area contributed by atoms with Gasteiger partial charge in [-0.25, -0.2) is 9.78 Å². The Hall–Kier alpha value is -2.82. The van der Waals surface area contributed by atoms with E-state index in [0.29, 0.717) is 29.1 Å². The smallest absolute Gasteiger partial charge is 0.334 e. The zero-order valence-electron chi connectivity index (χ0n) is 14.2. The van der Waals surface area contributed by atoms with Gasteiger partial charge in [0.2, 0.25) is 5.88 Å². The molecule has 0 amide bonds. The molecule has 2 rings (SSSR count). The predicted molar refractivity (Wildman–Crippen MR) is 95.5 cm³/mol. The van der Waals surface area contributed by atoms with E-state index in [1.807, 2.05) is 31.2 Å². The Kier molecular flexibility index (Phi) is 5.95. The van der Waals surface area contributed by atoms with Crippen LogP contribution in [0.3, 0.4) is 0 Å². The van der Waals surface area contributed by atoms with Crippen LogP contribution in [0.15, 0.2) is 47.6 Å². The van der Waals surface area contributed by atoms with E-state index in [-0.39, 0.29) is 5.97 Å². The fourth-order valence-corrected chi connectivity index (χ4v) is 2.43. The molecule has 0 saturated heterocycles. The average molecular weight is 326 g/mol. The van der Waals surface area contributed by atoms with Crippen LogP contribution >= 0.6 is 0 Å². The number of anilines is 1. The third kappa shape index (κ3) is 4.35. The summed E-state index contributed by atoms with van der Waals surface area (Å²) < 4.78 is 10.1. The van der Waals surface area contributed by atoms with Crippen molar-refractivity contribution in [2.75, 3.05) is 20.0 Å². The van der Waals surface area contributed by atoms with Crippen molar-refractivity contribution < 1.29 is 14.3 Å². The van der Waals surface area contributed by atoms with E-state index >= 15 is 0 Å². The highest BCUT2D eigenvalue weighted by Gasteiger charge is 2.14. The van der Waals surface area contributed by atoms with Crippen LogP contribution in [0.4, 0.5) is 5.69 Å². The molecule has 0 spiro atoms. The Bertz CT molecular complexity index is 743. The molecular formula is C19H22N2O3. The quantitative estimate of drug-likeness (QED) is 0.663. The minimum atomic E-state index is -0.380. The fourth-order valence-electron chi connectivity index (χ4n) is 2.43. The minimum absolute atomic E-state index is 0.350. The minimum Gasteiger partial charge on any atom is -0.480 e. The average Bonchev–Trinajstić information content (AvgIpc) is 2.85. The normalized spacial score (nSPS) is 14.1. The first-order valence-electron chi connectivity index (χ1n) is 7.67. The number of aryl methyl sites for hydroxylation is 1. The maximum atomic E-state index is 12.2. The van der Waals surface area contributed by atoms with E-state index in [1.165, 1.54) is 14.2 Å². The number of pyridine rings is 1. The molecule has 1 aliphatic rings. The van der Waals surface area contributed by atoms with Crippen LogP contribution < -0.4 is 10.5 Å². The lowest BCUT2D eigenvalue weighted by Gasteiger charge is -2.11. The van der Waals surface area contributed by atoms with Crippen molar-refractivity contribution in [3.8, 4) is 5.88 Å². The molecule has 0 unspecified atom stereocenters. The summed E-state index contributed by atoms with van der Waals surface area (Å²) in [7, 11) is 2.89. The molecule has 5 heteroatoms. The third-order valence-electron chi connectivity index (χ3n) is 3.62. The first-order valence-corrected chi connectivity index (χ1v) is 7.67. The van der Waals surface area contributed by atoms with E-state index in [9.17, 15) is 4.79 Å². The summed E-state index contributed by atoms with van der Waals surface area (Å²) in [6, 6.07) is 1.82. The molecule has 5 nitrogen and oxygen atoms in total. The largest absolute Gasteiger partial charge is 0.480 e. The van der Waals surface area contributed by atoms with Gasteiger partial charge in [-0.15, -0.1) is 0 Å². The lowest BCUT2D eigenvalue weighted by Crippen LogP contribution is -2.07. The van der Waals surface area contributed by atoms with Gasteiger partial charge in [0.25, 0.3) is 0 Å². The number of nitrogens with two attached hydrogens (primary N) is 1. The summed E-state index contributed by atoms with van der Waals surface area (Å²) in [4.78, 5) is 16.4. The summed E-state index contributed by atoms with van der Waals surface area (Å²) in [5.74, 6) is -0.0300. The molecule has 0 saturated carbocycles. The SMILES string of the molecule is COC(=O)/C(=C/c1cc(C)nc(OC)c1N)CC1=CCC=CC=C1. The number of hydrogen-bond acceptors (Lipinski definition) is 5. The molecule has 0 radical (unpaired) electrons. The van der Waals surface area contributed by atoms with Gasteiger partial charge in [-0.2, -0.15) is 0 Å². The van der Waals surface area contributed by atoms with E-state index in [0.717, 1.165) is 17.7 Å². The molecule has 2 N–H and O–H groups in total. The number of ether oxygens (including phenoxy) is 2. The van der Waals surface area contributed by atoms with Crippen LogP contribution in [0.5, 0.6) is 5.88 Å². The Balaban J connectivity index is 2.41. The lowest BCUT2D eigenvalue weighted by molar-refractivity contribution is -0.136. The molecule has 0 atom stereocenters. The number of hydrogen-bond donors (Lipinski definition) is 1. The monoisotopic (exact) mass is 326 g/mol. The van der Waals surface area contributed by atoms with Crippen molar-refractivity contribution in [3.63, 3.8) is 0 Å². The number of nitrogen functional groups attached to an aromatic ring is 1. The maximum absolute atomic E-state index is 12.2. The first kappa shape index (κ1) is 17.5. The number of rotatable bonds is 5. The van der Waals surface area contributed by atoms with Gasteiger partial charge in [-0.1, -0.05) is 30.4 Å². The first-order chi connectivity index (χ1) is 11.5. The van der Waals surface area contributed by atoms with Crippen molar-refractivity contribution in [3.05, 3.63) is 58.9 Å². The molecule has 0 aliphatic heterocycles. The Morgan fingerprint density at radius 1 is 1.38 bits per heavy atom. The number of esters is 1. The molecule has 1 aromatic rings. The molecular weight excluding hydrogens is 304 g/mol. The second-order valence-electron chi connectivity index (χ2n) is 5.42. The van der Waals surface area contributed by atoms with E-state index < -0.39 is 0 Å². The molecule has 24 heavy (non-hydrogen) atoms. The second kappa shape index (κ2) is 8.15. The number of aromatic nitrogens is 1. The highest BCUT2D eigenvalue weighted by atomic mass is 16.5. The number of carbonyl (C=O) groups excluding carboxylic acids is 1. The van der Waals surface area contributed by atoms with Gasteiger partial charge < -0.3 is 15.2 Å². The van der Waals surface area contributed by atoms with E-state index in [1.54, 1.807) is 6.08 Å². The Morgan fingerprint density at radius 3 is 2.88 bits per heavy atom. The second-order valence-corrected chi connectivity index (χ2v) is 5.42. The molecule has 126 valence electrons. The van der Waals surface area contributed by atoms with Gasteiger partial charge in [0.1, 0.15) is 5.69 Å². The number of methoxy groups -OCH3 is 2. The van der Waals surface area contributed by atoms with Crippen LogP contribution in [0.2, 0.25) is 0 Å². The van der Waals surface area contributed by atoms with Crippen LogP contribution in [-0.4, -0.2) is 25.2 Å². The predicted octanol–water partition coefficient (Wildman–Crippen LogP) is 3.37. The van der Waals surface area contributed by atoms with Crippen molar-refractivity contribution >= 4 is 17.7 Å². The van der Waals surface area contributed by atoms with Gasteiger partial charge in [-0.3, -0.25) is 0 Å². The van der Waals surface area contributed by atoms with Crippen LogP contribution in [0.1, 0.15) is 24.1 Å². The molecule has 1 aromatic heterocycles. The molecule has 1 aliphatic carbocycles. The fraction of sp³-hybridized carbons (Fsp3) is 0.263. The van der Waals surface area contributed by atoms with Gasteiger partial charge in [-0.05, 0) is 31.1 Å². The van der Waals surface area contributed by atoms with Crippen molar-refractivity contribution in [1.82, 2.24) is 4.98 Å². The van der Waals surface area contributed by atoms with Crippen LogP contribution in [-0.2, 0) is 9.53 Å². The summed E-state index contributed by atoms with van der Waals surface area (Å²) >= 11 is 0. The number of carbonyl (C=O) groups is 1. The van der Waals surface area contributed by atoms with Gasteiger partial charge in [0.05, 0.1) is 14.2 Å². The third-order valence-corrected chi connectivity index (χ3v) is 3.62. The van der Waals surface area contributed by atoms with E-state index in [4.69, 9.17) is 15.2 Å². The van der Waals surface area contributed by atoms with Crippen molar-refractivity contribution in [1.29, 1.82) is 0 Å². The number of nitrogens with zero attached hydrogens (tertiary/aromatic N) is 1. The zero-order chi connectivity index (χ0) is 17.5. The molecule has 1 heterocycles. The van der Waals surface area contributed by atoms with E-state index in [2.05, 4.69) is 17.1 Å². The summed E-state index contributed by atoms with van der Waals surface area (Å²) in [6.07, 6.45) is 13.1. The van der Waals surface area contributed by atoms with Gasteiger partial charge >= 0.3 is 5.97 Å². The van der Waals surface area contributed by atoms with Crippen LogP contribution in [0.25, 0.3) is 6.08 Å². The summed E-state index contributed by atoms with van der Waals surface area (Å²) in [5.41, 5.74) is 9.51. The molecule has 0 bridgehead atoms.